The van der Waals surface area contributed by atoms with E-state index in [0.717, 1.165) is 0 Å². The minimum atomic E-state index is -1.04. The van der Waals surface area contributed by atoms with Gasteiger partial charge in [-0.05, 0) is 12.8 Å². The van der Waals surface area contributed by atoms with Crippen LogP contribution in [-0.4, -0.2) is 47.9 Å². The Morgan fingerprint density at radius 2 is 2.18 bits per heavy atom. The van der Waals surface area contributed by atoms with Gasteiger partial charge in [0.25, 0.3) is 0 Å². The molecule has 7 nitrogen and oxygen atoms in total. The number of carboxylic acid groups (broad SMARTS) is 1. The Kier molecular flexibility index (Phi) is 8.12. The molecule has 0 aromatic carbocycles. The first kappa shape index (κ1) is 15.7. The normalized spacial score (nSPS) is 12.9. The summed E-state index contributed by atoms with van der Waals surface area (Å²) in [5.74, 6) is -1.09. The lowest BCUT2D eigenvalue weighted by molar-refractivity contribution is -0.141. The molecule has 0 aromatic heterocycles. The van der Waals surface area contributed by atoms with E-state index in [1.165, 1.54) is 0 Å². The van der Waals surface area contributed by atoms with Crippen molar-refractivity contribution in [2.75, 3.05) is 18.9 Å². The fourth-order valence-electron chi connectivity index (χ4n) is 1.09. The maximum atomic E-state index is 11.0. The molecule has 0 aliphatic carbocycles. The summed E-state index contributed by atoms with van der Waals surface area (Å²) in [5.41, 5.74) is 5.40. The fraction of sp³-hybridized carbons (Fsp3) is 0.667. The van der Waals surface area contributed by atoms with Crippen molar-refractivity contribution in [3.63, 3.8) is 0 Å². The minimum absolute atomic E-state index is 0.0878. The number of nitrogens with one attached hydrogen (secondary N) is 2. The topological polar surface area (TPSA) is 117 Å². The van der Waals surface area contributed by atoms with Gasteiger partial charge < -0.3 is 21.5 Å². The molecule has 0 bridgehead atoms. The second-order valence-corrected chi connectivity index (χ2v) is 3.83. The van der Waals surface area contributed by atoms with Gasteiger partial charge in [0.05, 0.1) is 5.33 Å². The van der Waals surface area contributed by atoms with Crippen LogP contribution in [0.5, 0.6) is 0 Å². The number of carboxylic acids is 1. The van der Waals surface area contributed by atoms with Crippen molar-refractivity contribution in [2.45, 2.75) is 18.9 Å². The summed E-state index contributed by atoms with van der Waals surface area (Å²) in [6.45, 7) is 0.511. The number of hydrogen-bond acceptors (Lipinski definition) is 3. The fourth-order valence-corrected chi connectivity index (χ4v) is 1.25. The highest BCUT2D eigenvalue weighted by Gasteiger charge is 2.18. The zero-order valence-corrected chi connectivity index (χ0v) is 11.2. The van der Waals surface area contributed by atoms with Gasteiger partial charge in [0.1, 0.15) is 6.04 Å². The van der Waals surface area contributed by atoms with Gasteiger partial charge in [-0.3, -0.25) is 9.79 Å². The number of halogens is 1. The molecule has 5 N–H and O–H groups in total. The Hall–Kier alpha value is -1.31. The van der Waals surface area contributed by atoms with Crippen LogP contribution in [0.3, 0.4) is 0 Å². The summed E-state index contributed by atoms with van der Waals surface area (Å²) < 4.78 is 0. The van der Waals surface area contributed by atoms with E-state index in [2.05, 4.69) is 31.6 Å². The van der Waals surface area contributed by atoms with E-state index in [0.29, 0.717) is 25.3 Å². The van der Waals surface area contributed by atoms with Crippen LogP contribution in [0.15, 0.2) is 4.99 Å². The van der Waals surface area contributed by atoms with Crippen molar-refractivity contribution in [2.24, 2.45) is 10.7 Å². The SMILES string of the molecule is CN=C(N)NCCCC(NC(=O)CBr)C(=O)O. The van der Waals surface area contributed by atoms with Gasteiger partial charge in [-0.2, -0.15) is 0 Å². The van der Waals surface area contributed by atoms with Gasteiger partial charge in [0.15, 0.2) is 5.96 Å². The van der Waals surface area contributed by atoms with Crippen molar-refractivity contribution in [3.05, 3.63) is 0 Å². The number of carbonyl (C=O) groups excluding carboxylic acids is 1. The van der Waals surface area contributed by atoms with Crippen molar-refractivity contribution >= 4 is 33.8 Å². The molecule has 0 aliphatic heterocycles. The van der Waals surface area contributed by atoms with E-state index in [-0.39, 0.29) is 11.2 Å². The molecule has 8 heteroatoms. The van der Waals surface area contributed by atoms with Crippen molar-refractivity contribution in [3.8, 4) is 0 Å². The number of carbonyl (C=O) groups is 2. The van der Waals surface area contributed by atoms with Crippen LogP contribution in [-0.2, 0) is 9.59 Å². The third kappa shape index (κ3) is 7.56. The first-order valence-corrected chi connectivity index (χ1v) is 6.17. The van der Waals surface area contributed by atoms with E-state index in [1.54, 1.807) is 7.05 Å². The number of aliphatic imine (C=N–C) groups is 1. The summed E-state index contributed by atoms with van der Waals surface area (Å²) in [5, 5.41) is 14.2. The van der Waals surface area contributed by atoms with Crippen LogP contribution in [0.4, 0.5) is 0 Å². The monoisotopic (exact) mass is 308 g/mol. The Balaban J connectivity index is 3.94. The highest BCUT2D eigenvalue weighted by atomic mass is 79.9. The first-order valence-electron chi connectivity index (χ1n) is 5.05. The zero-order chi connectivity index (χ0) is 13.3. The molecule has 1 amide bonds. The molecule has 0 aromatic rings. The van der Waals surface area contributed by atoms with Crippen LogP contribution < -0.4 is 16.4 Å². The number of nitrogens with zero attached hydrogens (tertiary/aromatic N) is 1. The van der Waals surface area contributed by atoms with Gasteiger partial charge in [-0.25, -0.2) is 4.79 Å². The number of hydrogen-bond donors (Lipinski definition) is 4. The van der Waals surface area contributed by atoms with E-state index in [1.807, 2.05) is 0 Å². The van der Waals surface area contributed by atoms with Gasteiger partial charge in [-0.1, -0.05) is 15.9 Å². The summed E-state index contributed by atoms with van der Waals surface area (Å²) in [4.78, 5) is 25.6. The predicted octanol–water partition coefficient (Wildman–Crippen LogP) is -0.735. The van der Waals surface area contributed by atoms with Gasteiger partial charge in [-0.15, -0.1) is 0 Å². The van der Waals surface area contributed by atoms with Crippen molar-refractivity contribution in [1.29, 1.82) is 0 Å². The number of rotatable bonds is 7. The predicted molar refractivity (Wildman–Crippen MR) is 68.1 cm³/mol. The average Bonchev–Trinajstić information content (AvgIpc) is 2.31. The van der Waals surface area contributed by atoms with Crippen molar-refractivity contribution < 1.29 is 14.7 Å². The Morgan fingerprint density at radius 3 is 2.65 bits per heavy atom. The molecule has 0 fully saturated rings. The summed E-state index contributed by atoms with van der Waals surface area (Å²) in [6, 6.07) is -0.873. The lowest BCUT2D eigenvalue weighted by Crippen LogP contribution is -2.42. The number of amides is 1. The van der Waals surface area contributed by atoms with Gasteiger partial charge >= 0.3 is 5.97 Å². The molecule has 1 atom stereocenters. The molecule has 0 saturated carbocycles. The summed E-state index contributed by atoms with van der Waals surface area (Å²) in [6.07, 6.45) is 0.897. The Labute approximate surface area is 108 Å². The molecule has 98 valence electrons. The second-order valence-electron chi connectivity index (χ2n) is 3.27. The number of guanidine groups is 1. The largest absolute Gasteiger partial charge is 0.480 e. The molecular formula is C9H17BrN4O3. The van der Waals surface area contributed by atoms with Crippen LogP contribution >= 0.6 is 15.9 Å². The molecular weight excluding hydrogens is 292 g/mol. The second kappa shape index (κ2) is 8.80. The van der Waals surface area contributed by atoms with Crippen LogP contribution in [0, 0.1) is 0 Å². The van der Waals surface area contributed by atoms with Gasteiger partial charge in [0.2, 0.25) is 5.91 Å². The average molecular weight is 309 g/mol. The summed E-state index contributed by atoms with van der Waals surface area (Å²) >= 11 is 2.95. The van der Waals surface area contributed by atoms with Crippen LogP contribution in [0.2, 0.25) is 0 Å². The Bertz CT molecular complexity index is 296. The third-order valence-electron chi connectivity index (χ3n) is 1.97. The maximum absolute atomic E-state index is 11.0. The van der Waals surface area contributed by atoms with Gasteiger partial charge in [0, 0.05) is 13.6 Å². The highest BCUT2D eigenvalue weighted by molar-refractivity contribution is 9.09. The third-order valence-corrected chi connectivity index (χ3v) is 2.48. The highest BCUT2D eigenvalue weighted by Crippen LogP contribution is 1.97. The zero-order valence-electron chi connectivity index (χ0n) is 9.57. The minimum Gasteiger partial charge on any atom is -0.480 e. The smallest absolute Gasteiger partial charge is 0.326 e. The van der Waals surface area contributed by atoms with Crippen LogP contribution in [0.1, 0.15) is 12.8 Å². The summed E-state index contributed by atoms with van der Waals surface area (Å²) in [7, 11) is 1.55. The molecule has 17 heavy (non-hydrogen) atoms. The van der Waals surface area contributed by atoms with Crippen LogP contribution in [0.25, 0.3) is 0 Å². The molecule has 0 rings (SSSR count). The van der Waals surface area contributed by atoms with E-state index in [4.69, 9.17) is 10.8 Å². The lowest BCUT2D eigenvalue weighted by atomic mass is 10.1. The van der Waals surface area contributed by atoms with E-state index in [9.17, 15) is 9.59 Å². The maximum Gasteiger partial charge on any atom is 0.326 e. The molecule has 0 heterocycles. The Morgan fingerprint density at radius 1 is 1.53 bits per heavy atom. The number of aliphatic carboxylic acids is 1. The quantitative estimate of drug-likeness (QED) is 0.214. The lowest BCUT2D eigenvalue weighted by Gasteiger charge is -2.13. The standard InChI is InChI=1S/C9H17BrN4O3/c1-12-9(11)13-4-2-3-6(8(16)17)14-7(15)5-10/h6H,2-5H2,1H3,(H,14,15)(H,16,17)(H3,11,12,13). The molecule has 0 spiro atoms. The van der Waals surface area contributed by atoms with Crippen molar-refractivity contribution in [1.82, 2.24) is 10.6 Å². The first-order chi connectivity index (χ1) is 8.01. The molecule has 0 saturated heterocycles. The number of alkyl halides is 1. The molecule has 0 aliphatic rings. The van der Waals surface area contributed by atoms with E-state index >= 15 is 0 Å². The van der Waals surface area contributed by atoms with E-state index < -0.39 is 12.0 Å². The molecule has 1 unspecified atom stereocenters. The molecule has 0 radical (unpaired) electrons. The number of nitrogens with two attached hydrogens (primary N) is 1.